The summed E-state index contributed by atoms with van der Waals surface area (Å²) in [5, 5.41) is 5.44. The summed E-state index contributed by atoms with van der Waals surface area (Å²) >= 11 is 0. The molecule has 0 aliphatic rings. The number of anilines is 3. The van der Waals surface area contributed by atoms with Gasteiger partial charge in [-0.3, -0.25) is 9.59 Å². The van der Waals surface area contributed by atoms with Crippen LogP contribution < -0.4 is 21.3 Å². The number of carbonyl (C=O) groups is 2. The summed E-state index contributed by atoms with van der Waals surface area (Å²) in [6, 6.07) is 4.36. The molecule has 0 fully saturated rings. The third-order valence-electron chi connectivity index (χ3n) is 3.56. The molecule has 0 saturated heterocycles. The number of nitrogens with zero attached hydrogens (tertiary/aromatic N) is 3. The lowest BCUT2D eigenvalue weighted by Crippen LogP contribution is -2.21. The number of hydrogen-bond donors (Lipinski definition) is 3. The highest BCUT2D eigenvalue weighted by atomic mass is 19.1. The molecule has 0 saturated carbocycles. The van der Waals surface area contributed by atoms with Gasteiger partial charge in [0.25, 0.3) is 5.91 Å². The molecule has 2 aromatic rings. The molecule has 26 heavy (non-hydrogen) atoms. The molecule has 1 aromatic carbocycles. The van der Waals surface area contributed by atoms with E-state index in [1.165, 1.54) is 12.1 Å². The molecule has 0 bridgehead atoms. The van der Waals surface area contributed by atoms with Crippen molar-refractivity contribution >= 4 is 29.6 Å². The Labute approximate surface area is 150 Å². The molecule has 9 heteroatoms. The van der Waals surface area contributed by atoms with E-state index >= 15 is 0 Å². The first-order valence-electron chi connectivity index (χ1n) is 7.91. The number of carbonyl (C=O) groups excluding carboxylic acids is 2. The van der Waals surface area contributed by atoms with Gasteiger partial charge in [-0.25, -0.2) is 14.4 Å². The average molecular weight is 360 g/mol. The number of amides is 2. The topological polar surface area (TPSA) is 113 Å². The van der Waals surface area contributed by atoms with Crippen LogP contribution in [0.15, 0.2) is 18.2 Å². The van der Waals surface area contributed by atoms with Crippen LogP contribution in [-0.2, 0) is 11.2 Å². The van der Waals surface area contributed by atoms with Crippen molar-refractivity contribution in [3.05, 3.63) is 41.0 Å². The van der Waals surface area contributed by atoms with Crippen LogP contribution in [0.5, 0.6) is 0 Å². The number of nitrogens with two attached hydrogens (primary N) is 1. The van der Waals surface area contributed by atoms with Gasteiger partial charge in [0, 0.05) is 26.3 Å². The SMILES string of the molecule is Cc1nc(C(N)=O)c(Nc2cc(F)cc(CCNC=O)c2)nc1N(C)C. The summed E-state index contributed by atoms with van der Waals surface area (Å²) in [5.74, 6) is -0.483. The lowest BCUT2D eigenvalue weighted by atomic mass is 10.1. The summed E-state index contributed by atoms with van der Waals surface area (Å²) in [6.45, 7) is 2.10. The molecule has 0 aliphatic carbocycles. The fourth-order valence-electron chi connectivity index (χ4n) is 2.47. The molecule has 0 unspecified atom stereocenters. The highest BCUT2D eigenvalue weighted by Crippen LogP contribution is 2.24. The second-order valence-corrected chi connectivity index (χ2v) is 5.88. The van der Waals surface area contributed by atoms with Gasteiger partial charge in [0.05, 0.1) is 5.69 Å². The zero-order valence-electron chi connectivity index (χ0n) is 14.8. The molecular weight excluding hydrogens is 339 g/mol. The summed E-state index contributed by atoms with van der Waals surface area (Å²) in [6.07, 6.45) is 1.04. The van der Waals surface area contributed by atoms with Crippen molar-refractivity contribution in [3.8, 4) is 0 Å². The van der Waals surface area contributed by atoms with Crippen LogP contribution in [0.2, 0.25) is 0 Å². The average Bonchev–Trinajstić information content (AvgIpc) is 2.55. The standard InChI is InChI=1S/C17H21FN6O2/c1-10-17(24(2)3)23-16(14(21-10)15(19)26)22-13-7-11(4-5-20-9-25)6-12(18)8-13/h6-9H,4-5H2,1-3H3,(H2,19,26)(H,20,25)(H,22,23). The molecule has 0 aliphatic heterocycles. The summed E-state index contributed by atoms with van der Waals surface area (Å²) in [4.78, 5) is 32.4. The van der Waals surface area contributed by atoms with Crippen molar-refractivity contribution in [1.82, 2.24) is 15.3 Å². The van der Waals surface area contributed by atoms with Crippen molar-refractivity contribution in [1.29, 1.82) is 0 Å². The van der Waals surface area contributed by atoms with E-state index < -0.39 is 11.7 Å². The Balaban J connectivity index is 2.39. The van der Waals surface area contributed by atoms with Gasteiger partial charge in [-0.2, -0.15) is 0 Å². The molecule has 1 aromatic heterocycles. The van der Waals surface area contributed by atoms with Crippen LogP contribution in [0.4, 0.5) is 21.7 Å². The second-order valence-electron chi connectivity index (χ2n) is 5.88. The first kappa shape index (κ1) is 19.1. The predicted octanol–water partition coefficient (Wildman–Crippen LogP) is 1.12. The monoisotopic (exact) mass is 360 g/mol. The van der Waals surface area contributed by atoms with Gasteiger partial charge < -0.3 is 21.3 Å². The number of hydrogen-bond acceptors (Lipinski definition) is 6. The fourth-order valence-corrected chi connectivity index (χ4v) is 2.47. The lowest BCUT2D eigenvalue weighted by Gasteiger charge is -2.17. The van der Waals surface area contributed by atoms with E-state index in [9.17, 15) is 14.0 Å². The molecule has 138 valence electrons. The Morgan fingerprint density at radius 2 is 2.04 bits per heavy atom. The van der Waals surface area contributed by atoms with Crippen LogP contribution in [0.3, 0.4) is 0 Å². The number of benzene rings is 1. The highest BCUT2D eigenvalue weighted by Gasteiger charge is 2.17. The summed E-state index contributed by atoms with van der Waals surface area (Å²) < 4.78 is 13.9. The number of nitrogens with one attached hydrogen (secondary N) is 2. The number of primary amides is 1. The van der Waals surface area contributed by atoms with Crippen molar-refractivity contribution in [2.75, 3.05) is 30.9 Å². The highest BCUT2D eigenvalue weighted by molar-refractivity contribution is 5.96. The molecular formula is C17H21FN6O2. The second kappa shape index (κ2) is 8.24. The third kappa shape index (κ3) is 4.65. The number of aromatic nitrogens is 2. The Hall–Kier alpha value is -3.23. The van der Waals surface area contributed by atoms with E-state index in [4.69, 9.17) is 5.73 Å². The minimum atomic E-state index is -0.736. The lowest BCUT2D eigenvalue weighted by molar-refractivity contribution is -0.109. The van der Waals surface area contributed by atoms with Crippen molar-refractivity contribution < 1.29 is 14.0 Å². The Morgan fingerprint density at radius 3 is 2.65 bits per heavy atom. The summed E-state index contributed by atoms with van der Waals surface area (Å²) in [7, 11) is 3.59. The normalized spacial score (nSPS) is 10.3. The zero-order valence-corrected chi connectivity index (χ0v) is 14.8. The quantitative estimate of drug-likeness (QED) is 0.480. The van der Waals surface area contributed by atoms with E-state index in [2.05, 4.69) is 20.6 Å². The minimum Gasteiger partial charge on any atom is -0.364 e. The molecule has 0 atom stereocenters. The number of aryl methyl sites for hydroxylation is 1. The minimum absolute atomic E-state index is 0.0264. The maximum Gasteiger partial charge on any atom is 0.271 e. The molecule has 1 heterocycles. The zero-order chi connectivity index (χ0) is 19.3. The van der Waals surface area contributed by atoms with Crippen molar-refractivity contribution in [2.45, 2.75) is 13.3 Å². The Morgan fingerprint density at radius 1 is 1.31 bits per heavy atom. The summed E-state index contributed by atoms with van der Waals surface area (Å²) in [5.41, 5.74) is 6.99. The number of halogens is 1. The molecule has 8 nitrogen and oxygen atoms in total. The molecule has 0 radical (unpaired) electrons. The van der Waals surface area contributed by atoms with Crippen LogP contribution in [0, 0.1) is 12.7 Å². The van der Waals surface area contributed by atoms with Crippen LogP contribution in [-0.4, -0.2) is 42.9 Å². The van der Waals surface area contributed by atoms with Gasteiger partial charge in [0.1, 0.15) is 5.82 Å². The van der Waals surface area contributed by atoms with Gasteiger partial charge in [-0.05, 0) is 37.1 Å². The van der Waals surface area contributed by atoms with E-state index in [0.29, 0.717) is 42.1 Å². The smallest absolute Gasteiger partial charge is 0.271 e. The Kier molecular flexibility index (Phi) is 6.05. The first-order valence-corrected chi connectivity index (χ1v) is 7.91. The molecule has 2 amide bonds. The number of rotatable bonds is 8. The van der Waals surface area contributed by atoms with Crippen LogP contribution in [0.1, 0.15) is 21.7 Å². The van der Waals surface area contributed by atoms with Gasteiger partial charge >= 0.3 is 0 Å². The van der Waals surface area contributed by atoms with Gasteiger partial charge in [-0.15, -0.1) is 0 Å². The van der Waals surface area contributed by atoms with Crippen LogP contribution >= 0.6 is 0 Å². The third-order valence-corrected chi connectivity index (χ3v) is 3.56. The van der Waals surface area contributed by atoms with E-state index in [1.807, 2.05) is 0 Å². The molecule has 2 rings (SSSR count). The van der Waals surface area contributed by atoms with E-state index in [-0.39, 0.29) is 11.5 Å². The van der Waals surface area contributed by atoms with Gasteiger partial charge in [0.15, 0.2) is 17.3 Å². The first-order chi connectivity index (χ1) is 12.3. The van der Waals surface area contributed by atoms with Crippen molar-refractivity contribution in [3.63, 3.8) is 0 Å². The van der Waals surface area contributed by atoms with Gasteiger partial charge in [-0.1, -0.05) is 0 Å². The molecule has 0 spiro atoms. The van der Waals surface area contributed by atoms with E-state index in [1.54, 1.807) is 32.0 Å². The predicted molar refractivity (Wildman–Crippen MR) is 97.1 cm³/mol. The maximum absolute atomic E-state index is 13.9. The van der Waals surface area contributed by atoms with Crippen molar-refractivity contribution in [2.24, 2.45) is 5.73 Å². The maximum atomic E-state index is 13.9. The van der Waals surface area contributed by atoms with E-state index in [0.717, 1.165) is 0 Å². The molecule has 4 N–H and O–H groups in total. The Bertz CT molecular complexity index is 825. The largest absolute Gasteiger partial charge is 0.364 e. The van der Waals surface area contributed by atoms with Crippen LogP contribution in [0.25, 0.3) is 0 Å². The fraction of sp³-hybridized carbons (Fsp3) is 0.294. The van der Waals surface area contributed by atoms with Gasteiger partial charge in [0.2, 0.25) is 6.41 Å².